The predicted octanol–water partition coefficient (Wildman–Crippen LogP) is 1.10. The van der Waals surface area contributed by atoms with Crippen LogP contribution in [0.4, 0.5) is 0 Å². The summed E-state index contributed by atoms with van der Waals surface area (Å²) >= 11 is 1.64. The van der Waals surface area contributed by atoms with Gasteiger partial charge < -0.3 is 10.4 Å². The smallest absolute Gasteiger partial charge is 0.222 e. The molecule has 0 unspecified atom stereocenters. The van der Waals surface area contributed by atoms with Crippen LogP contribution in [0.1, 0.15) is 29.2 Å². The van der Waals surface area contributed by atoms with Crippen molar-refractivity contribution >= 4 is 17.2 Å². The molecule has 0 spiro atoms. The molecule has 0 saturated carbocycles. The Balaban J connectivity index is 1.42. The van der Waals surface area contributed by atoms with Gasteiger partial charge in [-0.1, -0.05) is 0 Å². The Hall–Kier alpha value is -1.77. The summed E-state index contributed by atoms with van der Waals surface area (Å²) in [5.41, 5.74) is 1.99. The number of amides is 1. The largest absolute Gasteiger partial charge is 0.390 e. The molecule has 0 aliphatic carbocycles. The Kier molecular flexibility index (Phi) is 5.82. The summed E-state index contributed by atoms with van der Waals surface area (Å²) < 4.78 is 1.77. The molecular formula is C17H25N5O2S. The molecule has 3 heterocycles. The van der Waals surface area contributed by atoms with Gasteiger partial charge in [0.1, 0.15) is 0 Å². The van der Waals surface area contributed by atoms with Gasteiger partial charge in [-0.25, -0.2) is 4.98 Å². The highest BCUT2D eigenvalue weighted by Gasteiger charge is 2.29. The third-order valence-electron chi connectivity index (χ3n) is 4.41. The second kappa shape index (κ2) is 8.07. The molecule has 2 aromatic heterocycles. The summed E-state index contributed by atoms with van der Waals surface area (Å²) in [4.78, 5) is 18.8. The lowest BCUT2D eigenvalue weighted by atomic mass is 10.0. The molecule has 1 amide bonds. The molecule has 3 rings (SSSR count). The molecule has 0 bridgehead atoms. The minimum Gasteiger partial charge on any atom is -0.390 e. The maximum atomic E-state index is 12.1. The zero-order chi connectivity index (χ0) is 17.8. The summed E-state index contributed by atoms with van der Waals surface area (Å²) in [6, 6.07) is 1.74. The lowest BCUT2D eigenvalue weighted by molar-refractivity contribution is -0.123. The summed E-state index contributed by atoms with van der Waals surface area (Å²) in [7, 11) is 0. The van der Waals surface area contributed by atoms with Crippen LogP contribution in [0.5, 0.6) is 0 Å². The molecule has 1 saturated heterocycles. The number of likely N-dealkylation sites (tertiary alicyclic amines) is 1. The van der Waals surface area contributed by atoms with Gasteiger partial charge in [0.15, 0.2) is 0 Å². The fourth-order valence-electron chi connectivity index (χ4n) is 3.10. The van der Waals surface area contributed by atoms with Gasteiger partial charge in [0.05, 0.1) is 28.5 Å². The summed E-state index contributed by atoms with van der Waals surface area (Å²) in [5, 5.41) is 20.7. The zero-order valence-electron chi connectivity index (χ0n) is 14.7. The SMILES string of the molecule is Cc1ccn(CCC(=O)N[C@@H]2CCN(Cc3csc(C)n3)C[C@H]2O)n1. The molecule has 0 radical (unpaired) electrons. The van der Waals surface area contributed by atoms with E-state index < -0.39 is 6.10 Å². The van der Waals surface area contributed by atoms with E-state index in [1.165, 1.54) is 0 Å². The van der Waals surface area contributed by atoms with Gasteiger partial charge in [0, 0.05) is 44.2 Å². The van der Waals surface area contributed by atoms with Gasteiger partial charge in [0.25, 0.3) is 0 Å². The minimum atomic E-state index is -0.551. The van der Waals surface area contributed by atoms with Crippen molar-refractivity contribution in [3.63, 3.8) is 0 Å². The standard InChI is InChI=1S/C17H25N5O2S/c1-12-3-7-22(20-12)8-5-17(24)19-15-4-6-21(10-16(15)23)9-14-11-25-13(2)18-14/h3,7,11,15-16,23H,4-6,8-10H2,1-2H3,(H,19,24)/t15-,16-/m1/s1. The van der Waals surface area contributed by atoms with Crippen LogP contribution in [-0.2, 0) is 17.9 Å². The van der Waals surface area contributed by atoms with Crippen molar-refractivity contribution in [2.75, 3.05) is 13.1 Å². The number of β-amino-alcohol motifs (C(OH)–C–C–N with tert-alkyl or cyclic N) is 1. The number of piperidine rings is 1. The Morgan fingerprint density at radius 2 is 2.32 bits per heavy atom. The highest BCUT2D eigenvalue weighted by Crippen LogP contribution is 2.16. The van der Waals surface area contributed by atoms with E-state index in [-0.39, 0.29) is 11.9 Å². The number of hydrogen-bond donors (Lipinski definition) is 2. The molecule has 25 heavy (non-hydrogen) atoms. The third kappa shape index (κ3) is 5.10. The molecule has 1 fully saturated rings. The monoisotopic (exact) mass is 363 g/mol. The van der Waals surface area contributed by atoms with Gasteiger partial charge in [-0.15, -0.1) is 11.3 Å². The van der Waals surface area contributed by atoms with E-state index in [0.29, 0.717) is 19.5 Å². The first-order valence-corrected chi connectivity index (χ1v) is 9.48. The average molecular weight is 363 g/mol. The Morgan fingerprint density at radius 3 is 2.96 bits per heavy atom. The zero-order valence-corrected chi connectivity index (χ0v) is 15.5. The van der Waals surface area contributed by atoms with Crippen molar-refractivity contribution in [2.45, 2.75) is 51.9 Å². The van der Waals surface area contributed by atoms with Crippen molar-refractivity contribution in [2.24, 2.45) is 0 Å². The first kappa shape index (κ1) is 18.0. The second-order valence-corrected chi connectivity index (χ2v) is 7.66. The van der Waals surface area contributed by atoms with E-state index >= 15 is 0 Å². The van der Waals surface area contributed by atoms with Crippen molar-refractivity contribution in [3.05, 3.63) is 34.0 Å². The predicted molar refractivity (Wildman–Crippen MR) is 96.3 cm³/mol. The lowest BCUT2D eigenvalue weighted by Crippen LogP contribution is -2.53. The first-order chi connectivity index (χ1) is 12.0. The number of aliphatic hydroxyl groups excluding tert-OH is 1. The minimum absolute atomic E-state index is 0.0409. The fourth-order valence-corrected chi connectivity index (χ4v) is 3.71. The first-order valence-electron chi connectivity index (χ1n) is 8.60. The van der Waals surface area contributed by atoms with E-state index in [4.69, 9.17) is 0 Å². The van der Waals surface area contributed by atoms with Crippen molar-refractivity contribution < 1.29 is 9.90 Å². The number of carbonyl (C=O) groups excluding carboxylic acids is 1. The molecule has 2 aromatic rings. The fraction of sp³-hybridized carbons (Fsp3) is 0.588. The molecule has 1 aliphatic rings. The Bertz CT molecular complexity index is 713. The number of nitrogens with zero attached hydrogens (tertiary/aromatic N) is 4. The van der Waals surface area contributed by atoms with Crippen LogP contribution in [0.15, 0.2) is 17.6 Å². The maximum Gasteiger partial charge on any atom is 0.222 e. The molecule has 1 aliphatic heterocycles. The molecule has 2 atom stereocenters. The van der Waals surface area contributed by atoms with Crippen LogP contribution in [0.3, 0.4) is 0 Å². The molecular weight excluding hydrogens is 338 g/mol. The number of aryl methyl sites for hydroxylation is 3. The molecule has 136 valence electrons. The second-order valence-electron chi connectivity index (χ2n) is 6.59. The summed E-state index contributed by atoms with van der Waals surface area (Å²) in [5.74, 6) is -0.0409. The Morgan fingerprint density at radius 1 is 1.48 bits per heavy atom. The van der Waals surface area contributed by atoms with Crippen molar-refractivity contribution in [1.82, 2.24) is 25.0 Å². The Labute approximate surface area is 151 Å². The van der Waals surface area contributed by atoms with Crippen molar-refractivity contribution in [1.29, 1.82) is 0 Å². The maximum absolute atomic E-state index is 12.1. The van der Waals surface area contributed by atoms with E-state index in [0.717, 1.165) is 35.9 Å². The van der Waals surface area contributed by atoms with Crippen LogP contribution in [0.25, 0.3) is 0 Å². The van der Waals surface area contributed by atoms with Crippen LogP contribution in [0, 0.1) is 13.8 Å². The van der Waals surface area contributed by atoms with Gasteiger partial charge in [0.2, 0.25) is 5.91 Å². The van der Waals surface area contributed by atoms with Gasteiger partial charge in [-0.05, 0) is 26.3 Å². The summed E-state index contributed by atoms with van der Waals surface area (Å²) in [6.45, 7) is 6.62. The number of nitrogens with one attached hydrogen (secondary N) is 1. The average Bonchev–Trinajstić information content (AvgIpc) is 3.16. The molecule has 7 nitrogen and oxygen atoms in total. The van der Waals surface area contributed by atoms with E-state index in [1.807, 2.05) is 26.1 Å². The topological polar surface area (TPSA) is 83.3 Å². The number of carbonyl (C=O) groups is 1. The highest BCUT2D eigenvalue weighted by atomic mass is 32.1. The van der Waals surface area contributed by atoms with Crippen molar-refractivity contribution in [3.8, 4) is 0 Å². The highest BCUT2D eigenvalue weighted by molar-refractivity contribution is 7.09. The van der Waals surface area contributed by atoms with E-state index in [2.05, 4.69) is 25.7 Å². The number of aromatic nitrogens is 3. The van der Waals surface area contributed by atoms with Crippen LogP contribution in [0.2, 0.25) is 0 Å². The quantitative estimate of drug-likeness (QED) is 0.803. The van der Waals surface area contributed by atoms with Crippen LogP contribution >= 0.6 is 11.3 Å². The number of aliphatic hydroxyl groups is 1. The normalized spacial score (nSPS) is 21.4. The van der Waals surface area contributed by atoms with Gasteiger partial charge in [-0.2, -0.15) is 5.10 Å². The van der Waals surface area contributed by atoms with E-state index in [1.54, 1.807) is 16.0 Å². The number of thiazole rings is 1. The van der Waals surface area contributed by atoms with Crippen LogP contribution in [-0.4, -0.2) is 55.9 Å². The molecule has 2 N–H and O–H groups in total. The third-order valence-corrected chi connectivity index (χ3v) is 5.23. The van der Waals surface area contributed by atoms with E-state index in [9.17, 15) is 9.90 Å². The number of rotatable bonds is 6. The van der Waals surface area contributed by atoms with Crippen LogP contribution < -0.4 is 5.32 Å². The number of hydrogen-bond acceptors (Lipinski definition) is 6. The van der Waals surface area contributed by atoms with Gasteiger partial charge >= 0.3 is 0 Å². The molecule has 8 heteroatoms. The molecule has 0 aromatic carbocycles. The summed E-state index contributed by atoms with van der Waals surface area (Å²) in [6.07, 6.45) is 2.43. The van der Waals surface area contributed by atoms with Gasteiger partial charge in [-0.3, -0.25) is 14.4 Å². The lowest BCUT2D eigenvalue weighted by Gasteiger charge is -2.35.